The van der Waals surface area contributed by atoms with E-state index in [4.69, 9.17) is 0 Å². The summed E-state index contributed by atoms with van der Waals surface area (Å²) in [7, 11) is 0. The molecule has 0 aromatic rings. The third-order valence-electron chi connectivity index (χ3n) is 3.62. The van der Waals surface area contributed by atoms with Crippen LogP contribution in [0.1, 0.15) is 67.2 Å². The minimum atomic E-state index is 0.348. The molecule has 0 spiro atoms. The Hall–Kier alpha value is -0.0400. The summed E-state index contributed by atoms with van der Waals surface area (Å²) in [6, 6.07) is 0. The Balaban J connectivity index is 2.59. The van der Waals surface area contributed by atoms with E-state index in [1.807, 2.05) is 0 Å². The largest absolute Gasteiger partial charge is 0.298 e. The maximum atomic E-state index is 2.69. The lowest BCUT2D eigenvalue weighted by molar-refractivity contribution is 0.111. The zero-order valence-corrected chi connectivity index (χ0v) is 12.3. The lowest BCUT2D eigenvalue weighted by atomic mass is 9.82. The molecule has 96 valence electrons. The fraction of sp³-hybridized carbons (Fsp3) is 1.00. The number of rotatable bonds is 1. The monoisotopic (exact) mass is 225 g/mol. The molecule has 0 aromatic carbocycles. The molecule has 1 rings (SSSR count). The van der Waals surface area contributed by atoms with Gasteiger partial charge in [-0.05, 0) is 57.9 Å². The molecule has 0 bridgehead atoms. The molecule has 0 saturated carbocycles. The summed E-state index contributed by atoms with van der Waals surface area (Å²) in [5.41, 5.74) is 0.832. The van der Waals surface area contributed by atoms with Crippen LogP contribution in [0.2, 0.25) is 0 Å². The first-order chi connectivity index (χ1) is 7.18. The van der Waals surface area contributed by atoms with Crippen LogP contribution in [-0.4, -0.2) is 23.5 Å². The van der Waals surface area contributed by atoms with E-state index in [9.17, 15) is 0 Å². The standard InChI is InChI=1S/C15H31N/c1-14(2,3)11-13-9-7-8-10-16(12-13)15(4,5)6/h13H,7-12H2,1-6H3. The van der Waals surface area contributed by atoms with Crippen molar-refractivity contribution in [2.24, 2.45) is 11.3 Å². The van der Waals surface area contributed by atoms with Gasteiger partial charge in [-0.3, -0.25) is 4.90 Å². The third-order valence-corrected chi connectivity index (χ3v) is 3.62. The predicted octanol–water partition coefficient (Wildman–Crippen LogP) is 4.32. The van der Waals surface area contributed by atoms with Crippen molar-refractivity contribution in [1.82, 2.24) is 4.90 Å². The van der Waals surface area contributed by atoms with Gasteiger partial charge in [0.05, 0.1) is 0 Å². The van der Waals surface area contributed by atoms with Crippen molar-refractivity contribution in [2.75, 3.05) is 13.1 Å². The van der Waals surface area contributed by atoms with Crippen LogP contribution in [0.15, 0.2) is 0 Å². The summed E-state index contributed by atoms with van der Waals surface area (Å²) in [5.74, 6) is 0.904. The highest BCUT2D eigenvalue weighted by Gasteiger charge is 2.28. The van der Waals surface area contributed by atoms with Gasteiger partial charge in [-0.15, -0.1) is 0 Å². The topological polar surface area (TPSA) is 3.24 Å². The average molecular weight is 225 g/mol. The number of hydrogen-bond acceptors (Lipinski definition) is 1. The van der Waals surface area contributed by atoms with E-state index in [0.29, 0.717) is 11.0 Å². The number of nitrogens with zero attached hydrogens (tertiary/aromatic N) is 1. The van der Waals surface area contributed by atoms with E-state index in [2.05, 4.69) is 46.4 Å². The first-order valence-electron chi connectivity index (χ1n) is 6.93. The highest BCUT2D eigenvalue weighted by molar-refractivity contribution is 4.82. The summed E-state index contributed by atoms with van der Waals surface area (Å²) in [6.07, 6.45) is 5.62. The quantitative estimate of drug-likeness (QED) is 0.642. The molecule has 1 aliphatic heterocycles. The highest BCUT2D eigenvalue weighted by atomic mass is 15.2. The summed E-state index contributed by atoms with van der Waals surface area (Å²) in [5, 5.41) is 0. The van der Waals surface area contributed by atoms with Gasteiger partial charge in [0.25, 0.3) is 0 Å². The Bertz CT molecular complexity index is 206. The average Bonchev–Trinajstić information content (AvgIpc) is 2.25. The molecule has 0 radical (unpaired) electrons. The van der Waals surface area contributed by atoms with Crippen LogP contribution in [0.3, 0.4) is 0 Å². The van der Waals surface area contributed by atoms with Crippen molar-refractivity contribution in [3.63, 3.8) is 0 Å². The maximum absolute atomic E-state index is 2.69. The molecule has 1 aliphatic rings. The fourth-order valence-electron chi connectivity index (χ4n) is 2.87. The van der Waals surface area contributed by atoms with Crippen LogP contribution < -0.4 is 0 Å². The van der Waals surface area contributed by atoms with E-state index in [1.165, 1.54) is 38.8 Å². The molecule has 0 amide bonds. The zero-order valence-electron chi connectivity index (χ0n) is 12.3. The Labute approximate surface area is 103 Å². The molecule has 0 N–H and O–H groups in total. The van der Waals surface area contributed by atoms with Crippen molar-refractivity contribution in [2.45, 2.75) is 72.8 Å². The van der Waals surface area contributed by atoms with Crippen molar-refractivity contribution in [3.05, 3.63) is 0 Å². The van der Waals surface area contributed by atoms with Crippen molar-refractivity contribution < 1.29 is 0 Å². The fourth-order valence-corrected chi connectivity index (χ4v) is 2.87. The summed E-state index contributed by atoms with van der Waals surface area (Å²) >= 11 is 0. The summed E-state index contributed by atoms with van der Waals surface area (Å²) in [4.78, 5) is 2.69. The highest BCUT2D eigenvalue weighted by Crippen LogP contribution is 2.31. The first kappa shape index (κ1) is 14.0. The summed E-state index contributed by atoms with van der Waals surface area (Å²) < 4.78 is 0. The van der Waals surface area contributed by atoms with Crippen molar-refractivity contribution in [3.8, 4) is 0 Å². The second kappa shape index (κ2) is 5.08. The molecule has 0 aromatic heterocycles. The van der Waals surface area contributed by atoms with E-state index >= 15 is 0 Å². The van der Waals surface area contributed by atoms with Crippen LogP contribution in [0.5, 0.6) is 0 Å². The Morgan fingerprint density at radius 2 is 1.62 bits per heavy atom. The van der Waals surface area contributed by atoms with Gasteiger partial charge < -0.3 is 0 Å². The van der Waals surface area contributed by atoms with E-state index in [1.54, 1.807) is 0 Å². The van der Waals surface area contributed by atoms with Crippen LogP contribution in [0, 0.1) is 11.3 Å². The molecule has 1 atom stereocenters. The minimum Gasteiger partial charge on any atom is -0.298 e. The van der Waals surface area contributed by atoms with Crippen molar-refractivity contribution in [1.29, 1.82) is 0 Å². The van der Waals surface area contributed by atoms with E-state index in [-0.39, 0.29) is 0 Å². The van der Waals surface area contributed by atoms with Gasteiger partial charge in [-0.2, -0.15) is 0 Å². The lowest BCUT2D eigenvalue weighted by Crippen LogP contribution is -2.44. The van der Waals surface area contributed by atoms with Gasteiger partial charge >= 0.3 is 0 Å². The second-order valence-electron chi connectivity index (χ2n) is 7.74. The number of hydrogen-bond donors (Lipinski definition) is 0. The van der Waals surface area contributed by atoms with Crippen LogP contribution in [0.4, 0.5) is 0 Å². The maximum Gasteiger partial charge on any atom is 0.0125 e. The molecule has 1 fully saturated rings. The lowest BCUT2D eigenvalue weighted by Gasteiger charge is -2.37. The van der Waals surface area contributed by atoms with E-state index in [0.717, 1.165) is 5.92 Å². The Morgan fingerprint density at radius 1 is 1.00 bits per heavy atom. The third kappa shape index (κ3) is 4.86. The second-order valence-corrected chi connectivity index (χ2v) is 7.74. The van der Waals surface area contributed by atoms with Gasteiger partial charge in [0.2, 0.25) is 0 Å². The summed E-state index contributed by atoms with van der Waals surface area (Å²) in [6.45, 7) is 16.8. The van der Waals surface area contributed by atoms with E-state index < -0.39 is 0 Å². The van der Waals surface area contributed by atoms with Gasteiger partial charge in [0.15, 0.2) is 0 Å². The molecule has 16 heavy (non-hydrogen) atoms. The van der Waals surface area contributed by atoms with Gasteiger partial charge in [0.1, 0.15) is 0 Å². The molecule has 1 heteroatoms. The molecular formula is C15H31N. The van der Waals surface area contributed by atoms with Gasteiger partial charge in [0, 0.05) is 12.1 Å². The van der Waals surface area contributed by atoms with Gasteiger partial charge in [-0.1, -0.05) is 27.2 Å². The van der Waals surface area contributed by atoms with Crippen LogP contribution in [0.25, 0.3) is 0 Å². The predicted molar refractivity (Wildman–Crippen MR) is 72.7 cm³/mol. The minimum absolute atomic E-state index is 0.348. The smallest absolute Gasteiger partial charge is 0.0125 e. The molecule has 1 nitrogen and oxygen atoms in total. The molecule has 1 saturated heterocycles. The van der Waals surface area contributed by atoms with Crippen molar-refractivity contribution >= 4 is 0 Å². The van der Waals surface area contributed by atoms with Crippen LogP contribution in [-0.2, 0) is 0 Å². The first-order valence-corrected chi connectivity index (χ1v) is 6.93. The zero-order chi connectivity index (χ0) is 12.4. The SMILES string of the molecule is CC(C)(C)CC1CCCCN(C(C)(C)C)C1. The van der Waals surface area contributed by atoms with Gasteiger partial charge in [-0.25, -0.2) is 0 Å². The molecule has 1 unspecified atom stereocenters. The Kier molecular flexibility index (Phi) is 4.45. The molecule has 0 aliphatic carbocycles. The normalized spacial score (nSPS) is 25.5. The molecule has 1 heterocycles. The number of likely N-dealkylation sites (tertiary alicyclic amines) is 1. The Morgan fingerprint density at radius 3 is 2.12 bits per heavy atom. The van der Waals surface area contributed by atoms with Crippen LogP contribution >= 0.6 is 0 Å². The molecular weight excluding hydrogens is 194 g/mol.